The Morgan fingerprint density at radius 2 is 2.06 bits per heavy atom. The summed E-state index contributed by atoms with van der Waals surface area (Å²) in [7, 11) is 0. The molecule has 0 atom stereocenters. The summed E-state index contributed by atoms with van der Waals surface area (Å²) in [4.78, 5) is 4.48. The van der Waals surface area contributed by atoms with E-state index in [2.05, 4.69) is 15.6 Å². The molecule has 0 radical (unpaired) electrons. The molecule has 0 bridgehead atoms. The van der Waals surface area contributed by atoms with Crippen LogP contribution in [0, 0.1) is 5.82 Å². The van der Waals surface area contributed by atoms with Crippen molar-refractivity contribution in [2.75, 3.05) is 18.4 Å². The van der Waals surface area contributed by atoms with Crippen LogP contribution in [0.1, 0.15) is 18.4 Å². The minimum atomic E-state index is -0.351. The molecule has 2 aliphatic heterocycles. The van der Waals surface area contributed by atoms with Gasteiger partial charge in [-0.25, -0.2) is 9.38 Å². The van der Waals surface area contributed by atoms with Gasteiger partial charge in [-0.2, -0.15) is 0 Å². The Bertz CT molecular complexity index is 477. The third kappa shape index (κ3) is 1.67. The molecule has 90 valence electrons. The fraction of sp³-hybridized carbons (Fsp3) is 0.417. The zero-order chi connectivity index (χ0) is 11.9. The summed E-state index contributed by atoms with van der Waals surface area (Å²) in [5.41, 5.74) is 6.70. The molecule has 0 aromatic heterocycles. The maximum Gasteiger partial charge on any atom is 0.136 e. The van der Waals surface area contributed by atoms with Crippen molar-refractivity contribution >= 4 is 11.5 Å². The molecule has 1 spiro atoms. The number of benzene rings is 1. The second-order valence-electron chi connectivity index (χ2n) is 4.57. The van der Waals surface area contributed by atoms with E-state index >= 15 is 0 Å². The van der Waals surface area contributed by atoms with Crippen molar-refractivity contribution in [3.05, 3.63) is 29.6 Å². The van der Waals surface area contributed by atoms with Crippen molar-refractivity contribution in [2.45, 2.75) is 18.5 Å². The molecule has 17 heavy (non-hydrogen) atoms. The molecule has 4 N–H and O–H groups in total. The van der Waals surface area contributed by atoms with Crippen LogP contribution in [0.4, 0.5) is 10.1 Å². The van der Waals surface area contributed by atoms with Crippen molar-refractivity contribution in [2.24, 2.45) is 10.7 Å². The molecular formula is C12H15FN4. The first-order valence-corrected chi connectivity index (χ1v) is 5.83. The van der Waals surface area contributed by atoms with Gasteiger partial charge in [0, 0.05) is 18.5 Å². The fourth-order valence-electron chi connectivity index (χ4n) is 2.53. The van der Waals surface area contributed by atoms with Crippen LogP contribution in [0.3, 0.4) is 0 Å². The van der Waals surface area contributed by atoms with Crippen LogP contribution < -0.4 is 16.4 Å². The van der Waals surface area contributed by atoms with Gasteiger partial charge in [0.05, 0.1) is 5.56 Å². The molecule has 5 heteroatoms. The number of aliphatic imine (C=N–C) groups is 1. The Morgan fingerprint density at radius 1 is 1.29 bits per heavy atom. The summed E-state index contributed by atoms with van der Waals surface area (Å²) in [5.74, 6) is -0.0150. The molecule has 1 aromatic carbocycles. The Morgan fingerprint density at radius 3 is 2.82 bits per heavy atom. The summed E-state index contributed by atoms with van der Waals surface area (Å²) in [5, 5.41) is 6.62. The zero-order valence-corrected chi connectivity index (χ0v) is 9.46. The van der Waals surface area contributed by atoms with Gasteiger partial charge in [0.2, 0.25) is 0 Å². The maximum atomic E-state index is 13.7. The van der Waals surface area contributed by atoms with E-state index in [-0.39, 0.29) is 11.5 Å². The van der Waals surface area contributed by atoms with Gasteiger partial charge < -0.3 is 16.4 Å². The molecule has 0 saturated carbocycles. The summed E-state index contributed by atoms with van der Waals surface area (Å²) in [6.45, 7) is 1.79. The molecule has 1 aromatic rings. The van der Waals surface area contributed by atoms with E-state index in [0.29, 0.717) is 11.4 Å². The fourth-order valence-corrected chi connectivity index (χ4v) is 2.53. The number of halogens is 1. The number of anilines is 1. The van der Waals surface area contributed by atoms with E-state index in [1.165, 1.54) is 6.07 Å². The standard InChI is InChI=1S/C12H15FN4/c13-8-2-1-3-9-10(8)11(14)17-12(16-9)4-6-15-7-5-12/h1-3,15-16H,4-7H2,(H2,14,17). The summed E-state index contributed by atoms with van der Waals surface area (Å²) >= 11 is 0. The number of piperidine rings is 1. The maximum absolute atomic E-state index is 13.7. The van der Waals surface area contributed by atoms with Gasteiger partial charge in [-0.15, -0.1) is 0 Å². The minimum absolute atomic E-state index is 0.304. The highest BCUT2D eigenvalue weighted by Gasteiger charge is 2.36. The normalized spacial score (nSPS) is 21.6. The first-order valence-electron chi connectivity index (χ1n) is 5.83. The molecular weight excluding hydrogens is 219 g/mol. The number of hydrogen-bond acceptors (Lipinski definition) is 4. The predicted molar refractivity (Wildman–Crippen MR) is 65.6 cm³/mol. The number of rotatable bonds is 0. The van der Waals surface area contributed by atoms with Crippen molar-refractivity contribution in [1.82, 2.24) is 5.32 Å². The number of nitrogens with zero attached hydrogens (tertiary/aromatic N) is 1. The molecule has 2 heterocycles. The van der Waals surface area contributed by atoms with Gasteiger partial charge in [-0.05, 0) is 25.2 Å². The molecule has 4 nitrogen and oxygen atoms in total. The van der Waals surface area contributed by atoms with Crippen LogP contribution in [-0.2, 0) is 0 Å². The highest BCUT2D eigenvalue weighted by atomic mass is 19.1. The van der Waals surface area contributed by atoms with Crippen LogP contribution in [0.15, 0.2) is 23.2 Å². The lowest BCUT2D eigenvalue weighted by Gasteiger charge is -2.39. The number of amidine groups is 1. The summed E-state index contributed by atoms with van der Waals surface area (Å²) < 4.78 is 13.7. The SMILES string of the molecule is NC1=NC2(CCNCC2)Nc2cccc(F)c21. The lowest BCUT2D eigenvalue weighted by Crippen LogP contribution is -2.49. The third-order valence-electron chi connectivity index (χ3n) is 3.40. The lowest BCUT2D eigenvalue weighted by molar-refractivity contribution is 0.348. The van der Waals surface area contributed by atoms with E-state index < -0.39 is 0 Å². The van der Waals surface area contributed by atoms with Crippen molar-refractivity contribution in [3.63, 3.8) is 0 Å². The number of nitrogens with one attached hydrogen (secondary N) is 2. The first kappa shape index (κ1) is 10.5. The number of hydrogen-bond donors (Lipinski definition) is 3. The predicted octanol–water partition coefficient (Wildman–Crippen LogP) is 1.04. The summed E-state index contributed by atoms with van der Waals surface area (Å²) in [6, 6.07) is 4.95. The van der Waals surface area contributed by atoms with Crippen LogP contribution in [0.25, 0.3) is 0 Å². The largest absolute Gasteiger partial charge is 0.383 e. The average molecular weight is 234 g/mol. The molecule has 1 saturated heterocycles. The van der Waals surface area contributed by atoms with Crippen LogP contribution in [0.5, 0.6) is 0 Å². The number of nitrogens with two attached hydrogens (primary N) is 1. The van der Waals surface area contributed by atoms with Crippen LogP contribution >= 0.6 is 0 Å². The van der Waals surface area contributed by atoms with Crippen molar-refractivity contribution < 1.29 is 4.39 Å². The Labute approximate surface area is 99.1 Å². The smallest absolute Gasteiger partial charge is 0.136 e. The first-order chi connectivity index (χ1) is 8.20. The third-order valence-corrected chi connectivity index (χ3v) is 3.40. The molecule has 3 rings (SSSR count). The Kier molecular flexibility index (Phi) is 2.29. The highest BCUT2D eigenvalue weighted by Crippen LogP contribution is 2.33. The molecule has 0 amide bonds. The van der Waals surface area contributed by atoms with Gasteiger partial charge in [0.25, 0.3) is 0 Å². The van der Waals surface area contributed by atoms with Crippen molar-refractivity contribution in [3.8, 4) is 0 Å². The van der Waals surface area contributed by atoms with Gasteiger partial charge in [-0.3, -0.25) is 0 Å². The Hall–Kier alpha value is -1.62. The van der Waals surface area contributed by atoms with E-state index in [1.54, 1.807) is 6.07 Å². The van der Waals surface area contributed by atoms with Gasteiger partial charge in [0.15, 0.2) is 0 Å². The zero-order valence-electron chi connectivity index (χ0n) is 9.46. The second kappa shape index (κ2) is 3.70. The average Bonchev–Trinajstić information content (AvgIpc) is 2.29. The summed E-state index contributed by atoms with van der Waals surface area (Å²) in [6.07, 6.45) is 1.73. The van der Waals surface area contributed by atoms with E-state index in [1.807, 2.05) is 6.07 Å². The molecule has 2 aliphatic rings. The number of fused-ring (bicyclic) bond motifs is 1. The highest BCUT2D eigenvalue weighted by molar-refractivity contribution is 6.04. The molecule has 0 aliphatic carbocycles. The van der Waals surface area contributed by atoms with E-state index in [0.717, 1.165) is 31.6 Å². The lowest BCUT2D eigenvalue weighted by atomic mass is 9.95. The minimum Gasteiger partial charge on any atom is -0.383 e. The second-order valence-corrected chi connectivity index (χ2v) is 4.57. The van der Waals surface area contributed by atoms with Crippen molar-refractivity contribution in [1.29, 1.82) is 0 Å². The van der Waals surface area contributed by atoms with E-state index in [9.17, 15) is 4.39 Å². The van der Waals surface area contributed by atoms with Gasteiger partial charge in [-0.1, -0.05) is 6.07 Å². The molecule has 0 unspecified atom stereocenters. The quantitative estimate of drug-likeness (QED) is 0.628. The van der Waals surface area contributed by atoms with Crippen LogP contribution in [-0.4, -0.2) is 24.6 Å². The van der Waals surface area contributed by atoms with Gasteiger partial charge in [0.1, 0.15) is 17.3 Å². The molecule has 1 fully saturated rings. The van der Waals surface area contributed by atoms with Crippen LogP contribution in [0.2, 0.25) is 0 Å². The topological polar surface area (TPSA) is 62.4 Å². The van der Waals surface area contributed by atoms with Gasteiger partial charge >= 0.3 is 0 Å². The Balaban J connectivity index is 2.05. The van der Waals surface area contributed by atoms with E-state index in [4.69, 9.17) is 5.73 Å². The monoisotopic (exact) mass is 234 g/mol.